The van der Waals surface area contributed by atoms with E-state index in [4.69, 9.17) is 4.74 Å². The van der Waals surface area contributed by atoms with E-state index in [2.05, 4.69) is 28.9 Å². The number of ether oxygens (including phenoxy) is 1. The van der Waals surface area contributed by atoms with Crippen LogP contribution in [0.25, 0.3) is 10.9 Å². The number of aromatic nitrogens is 1. The molecule has 1 fully saturated rings. The molecule has 0 bridgehead atoms. The molecule has 5 heteroatoms. The first-order valence-electron chi connectivity index (χ1n) is 8.74. The molecule has 1 aliphatic heterocycles. The van der Waals surface area contributed by atoms with E-state index in [0.29, 0.717) is 19.2 Å². The molecule has 0 spiro atoms. The molecular weight excluding hydrogens is 302 g/mol. The van der Waals surface area contributed by atoms with E-state index >= 15 is 0 Å². The topological polar surface area (TPSA) is 48.6 Å². The average Bonchev–Trinajstić information content (AvgIpc) is 2.56. The first-order chi connectivity index (χ1) is 11.6. The minimum atomic E-state index is 0.00596. The highest BCUT2D eigenvalue weighted by molar-refractivity contribution is 5.80. The predicted molar refractivity (Wildman–Crippen MR) is 97.7 cm³/mol. The maximum atomic E-state index is 12.4. The summed E-state index contributed by atoms with van der Waals surface area (Å²) < 4.78 is 5.56. The van der Waals surface area contributed by atoms with Crippen molar-refractivity contribution in [3.63, 3.8) is 0 Å². The van der Waals surface area contributed by atoms with Crippen LogP contribution in [0.2, 0.25) is 0 Å². The zero-order valence-corrected chi connectivity index (χ0v) is 14.8. The Morgan fingerprint density at radius 1 is 1.29 bits per heavy atom. The summed E-state index contributed by atoms with van der Waals surface area (Å²) in [6, 6.07) is 8.35. The van der Waals surface area contributed by atoms with Crippen molar-refractivity contribution in [2.45, 2.75) is 32.4 Å². The first-order valence-corrected chi connectivity index (χ1v) is 8.74. The van der Waals surface area contributed by atoms with Gasteiger partial charge in [-0.05, 0) is 71.2 Å². The minimum Gasteiger partial charge on any atom is -0.494 e. The lowest BCUT2D eigenvalue weighted by Gasteiger charge is -2.35. The highest BCUT2D eigenvalue weighted by Gasteiger charge is 2.21. The third-order valence-corrected chi connectivity index (χ3v) is 4.93. The summed E-state index contributed by atoms with van der Waals surface area (Å²) in [5.41, 5.74) is 1.68. The third-order valence-electron chi connectivity index (χ3n) is 4.93. The van der Waals surface area contributed by atoms with Crippen LogP contribution in [-0.2, 0) is 6.54 Å². The summed E-state index contributed by atoms with van der Waals surface area (Å²) in [4.78, 5) is 20.1. The molecule has 0 atom stereocenters. The molecule has 24 heavy (non-hydrogen) atoms. The summed E-state index contributed by atoms with van der Waals surface area (Å²) in [7, 11) is 4.29. The Balaban J connectivity index is 1.80. The number of piperidine rings is 1. The molecule has 3 rings (SSSR count). The molecule has 1 aliphatic rings. The monoisotopic (exact) mass is 329 g/mol. The fourth-order valence-corrected chi connectivity index (χ4v) is 3.44. The summed E-state index contributed by atoms with van der Waals surface area (Å²) >= 11 is 0. The molecule has 0 amide bonds. The van der Waals surface area contributed by atoms with E-state index in [1.807, 2.05) is 31.2 Å². The number of aromatic amines is 1. The SMILES string of the molecule is CCOc1ccc2[nH]c(=O)c(CN(C)C3CCN(C)CC3)cc2c1. The highest BCUT2D eigenvalue weighted by atomic mass is 16.5. The number of H-pyrrole nitrogens is 1. The Hall–Kier alpha value is -1.85. The average molecular weight is 329 g/mol. The Bertz CT molecular complexity index is 748. The predicted octanol–water partition coefficient (Wildman–Crippen LogP) is 2.45. The van der Waals surface area contributed by atoms with Crippen LogP contribution in [-0.4, -0.2) is 54.6 Å². The number of hydrogen-bond acceptors (Lipinski definition) is 4. The molecule has 0 unspecified atom stereocenters. The van der Waals surface area contributed by atoms with Crippen LogP contribution in [0.5, 0.6) is 5.75 Å². The van der Waals surface area contributed by atoms with E-state index in [0.717, 1.165) is 48.1 Å². The number of hydrogen-bond donors (Lipinski definition) is 1. The summed E-state index contributed by atoms with van der Waals surface area (Å²) in [6.45, 7) is 5.54. The smallest absolute Gasteiger partial charge is 0.252 e. The van der Waals surface area contributed by atoms with Gasteiger partial charge in [-0.1, -0.05) is 0 Å². The van der Waals surface area contributed by atoms with E-state index in [1.54, 1.807) is 0 Å². The van der Waals surface area contributed by atoms with Crippen molar-refractivity contribution in [1.29, 1.82) is 0 Å². The van der Waals surface area contributed by atoms with Crippen molar-refractivity contribution in [2.24, 2.45) is 0 Å². The van der Waals surface area contributed by atoms with Crippen molar-refractivity contribution in [3.8, 4) is 5.75 Å². The molecule has 0 radical (unpaired) electrons. The summed E-state index contributed by atoms with van der Waals surface area (Å²) in [5.74, 6) is 0.840. The second-order valence-corrected chi connectivity index (χ2v) is 6.76. The standard InChI is InChI=1S/C19H27N3O2/c1-4-24-17-5-6-18-14(12-17)11-15(19(23)20-18)13-22(3)16-7-9-21(2)10-8-16/h5-6,11-12,16H,4,7-10,13H2,1-3H3,(H,20,23). The number of fused-ring (bicyclic) bond motifs is 1. The molecule has 1 N–H and O–H groups in total. The number of likely N-dealkylation sites (tertiary alicyclic amines) is 1. The van der Waals surface area contributed by atoms with Gasteiger partial charge in [-0.3, -0.25) is 9.69 Å². The van der Waals surface area contributed by atoms with E-state index in [1.165, 1.54) is 0 Å². The molecular formula is C19H27N3O2. The number of benzene rings is 1. The molecule has 2 heterocycles. The van der Waals surface area contributed by atoms with Gasteiger partial charge in [0.2, 0.25) is 0 Å². The van der Waals surface area contributed by atoms with Gasteiger partial charge in [0, 0.05) is 29.1 Å². The lowest BCUT2D eigenvalue weighted by atomic mass is 10.0. The third kappa shape index (κ3) is 3.79. The van der Waals surface area contributed by atoms with E-state index in [9.17, 15) is 4.79 Å². The van der Waals surface area contributed by atoms with Crippen molar-refractivity contribution in [3.05, 3.63) is 40.2 Å². The van der Waals surface area contributed by atoms with Gasteiger partial charge < -0.3 is 14.6 Å². The van der Waals surface area contributed by atoms with Gasteiger partial charge in [0.05, 0.1) is 6.61 Å². The van der Waals surface area contributed by atoms with Gasteiger partial charge >= 0.3 is 0 Å². The lowest BCUT2D eigenvalue weighted by molar-refractivity contribution is 0.139. The van der Waals surface area contributed by atoms with Crippen molar-refractivity contribution in [1.82, 2.24) is 14.8 Å². The van der Waals surface area contributed by atoms with Crippen molar-refractivity contribution < 1.29 is 4.74 Å². The molecule has 0 aliphatic carbocycles. The number of pyridine rings is 1. The maximum Gasteiger partial charge on any atom is 0.252 e. The Morgan fingerprint density at radius 3 is 2.75 bits per heavy atom. The Labute approximate surface area is 143 Å². The van der Waals surface area contributed by atoms with Crippen molar-refractivity contribution >= 4 is 10.9 Å². The second kappa shape index (κ2) is 7.36. The molecule has 0 saturated carbocycles. The number of rotatable bonds is 5. The van der Waals surface area contributed by atoms with Crippen LogP contribution < -0.4 is 10.3 Å². The van der Waals surface area contributed by atoms with Crippen LogP contribution >= 0.6 is 0 Å². The van der Waals surface area contributed by atoms with Gasteiger partial charge in [-0.25, -0.2) is 0 Å². The normalized spacial score (nSPS) is 16.8. The van der Waals surface area contributed by atoms with E-state index < -0.39 is 0 Å². The van der Waals surface area contributed by atoms with Crippen LogP contribution in [0.15, 0.2) is 29.1 Å². The maximum absolute atomic E-state index is 12.4. The quantitative estimate of drug-likeness (QED) is 0.915. The summed E-state index contributed by atoms with van der Waals surface area (Å²) in [6.07, 6.45) is 2.32. The van der Waals surface area contributed by atoms with Crippen LogP contribution in [0.4, 0.5) is 0 Å². The summed E-state index contributed by atoms with van der Waals surface area (Å²) in [5, 5.41) is 1.02. The molecule has 5 nitrogen and oxygen atoms in total. The molecule has 1 aromatic heterocycles. The lowest BCUT2D eigenvalue weighted by Crippen LogP contribution is -2.42. The van der Waals surface area contributed by atoms with Crippen LogP contribution in [0, 0.1) is 0 Å². The molecule has 1 saturated heterocycles. The van der Waals surface area contributed by atoms with E-state index in [-0.39, 0.29) is 5.56 Å². The van der Waals surface area contributed by atoms with Gasteiger partial charge in [0.1, 0.15) is 5.75 Å². The molecule has 1 aromatic carbocycles. The van der Waals surface area contributed by atoms with Crippen LogP contribution in [0.3, 0.4) is 0 Å². The largest absolute Gasteiger partial charge is 0.494 e. The van der Waals surface area contributed by atoms with Gasteiger partial charge in [-0.15, -0.1) is 0 Å². The van der Waals surface area contributed by atoms with Crippen LogP contribution in [0.1, 0.15) is 25.3 Å². The van der Waals surface area contributed by atoms with Gasteiger partial charge in [0.15, 0.2) is 0 Å². The van der Waals surface area contributed by atoms with Crippen molar-refractivity contribution in [2.75, 3.05) is 33.8 Å². The zero-order chi connectivity index (χ0) is 17.1. The second-order valence-electron chi connectivity index (χ2n) is 6.76. The first kappa shape index (κ1) is 17.0. The number of nitrogens with one attached hydrogen (secondary N) is 1. The highest BCUT2D eigenvalue weighted by Crippen LogP contribution is 2.21. The minimum absolute atomic E-state index is 0.00596. The molecule has 130 valence electrons. The molecule has 2 aromatic rings. The van der Waals surface area contributed by atoms with Gasteiger partial charge in [0.25, 0.3) is 5.56 Å². The fraction of sp³-hybridized carbons (Fsp3) is 0.526. The van der Waals surface area contributed by atoms with Gasteiger partial charge in [-0.2, -0.15) is 0 Å². The zero-order valence-electron chi connectivity index (χ0n) is 14.8. The fourth-order valence-electron chi connectivity index (χ4n) is 3.44. The number of nitrogens with zero attached hydrogens (tertiary/aromatic N) is 2. The Kier molecular flexibility index (Phi) is 5.21. The Morgan fingerprint density at radius 2 is 2.04 bits per heavy atom.